The second-order valence-corrected chi connectivity index (χ2v) is 6.54. The molecule has 1 N–H and O–H groups in total. The Morgan fingerprint density at radius 1 is 1.07 bits per heavy atom. The van der Waals surface area contributed by atoms with Crippen LogP contribution in [0.25, 0.3) is 11.4 Å². The molecule has 3 aromatic rings. The van der Waals surface area contributed by atoms with Crippen molar-refractivity contribution in [1.82, 2.24) is 20.4 Å². The lowest BCUT2D eigenvalue weighted by Crippen LogP contribution is -2.27. The van der Waals surface area contributed by atoms with Crippen LogP contribution < -0.4 is 10.1 Å². The first kappa shape index (κ1) is 19.3. The average Bonchev–Trinajstić information content (AvgIpc) is 3.18. The predicted molar refractivity (Wildman–Crippen MR) is 105 cm³/mol. The first-order chi connectivity index (χ1) is 12.9. The van der Waals surface area contributed by atoms with E-state index in [4.69, 9.17) is 9.26 Å². The van der Waals surface area contributed by atoms with Crippen molar-refractivity contribution in [1.29, 1.82) is 0 Å². The number of aryl methyl sites for hydroxylation is 1. The van der Waals surface area contributed by atoms with Gasteiger partial charge in [-0.15, -0.1) is 12.4 Å². The molecule has 1 fully saturated rings. The van der Waals surface area contributed by atoms with Gasteiger partial charge in [-0.25, -0.2) is 4.98 Å². The minimum absolute atomic E-state index is 0. The molecule has 27 heavy (non-hydrogen) atoms. The van der Waals surface area contributed by atoms with E-state index in [-0.39, 0.29) is 12.4 Å². The molecule has 6 nitrogen and oxygen atoms in total. The van der Waals surface area contributed by atoms with Crippen LogP contribution in [0.3, 0.4) is 0 Å². The molecule has 4 rings (SSSR count). The zero-order chi connectivity index (χ0) is 17.6. The summed E-state index contributed by atoms with van der Waals surface area (Å²) in [6.07, 6.45) is 6.10. The fourth-order valence-corrected chi connectivity index (χ4v) is 3.15. The number of para-hydroxylation sites is 1. The standard InChI is InChI=1S/C20H22N4O2.ClH/c1-2-4-17(5-3-1)25-18-9-7-16(14-22-18)20-23-19(26-24-20)8-6-15-10-12-21-13-11-15;/h1-5,7,9,14-15,21H,6,8,10-13H2;1H. The van der Waals surface area contributed by atoms with Gasteiger partial charge < -0.3 is 14.6 Å². The maximum absolute atomic E-state index is 5.70. The molecule has 1 aliphatic rings. The third-order valence-corrected chi connectivity index (χ3v) is 4.65. The summed E-state index contributed by atoms with van der Waals surface area (Å²) in [5.41, 5.74) is 0.822. The number of nitrogens with one attached hydrogen (secondary N) is 1. The van der Waals surface area contributed by atoms with Gasteiger partial charge in [0, 0.05) is 24.2 Å². The number of rotatable bonds is 6. The first-order valence-electron chi connectivity index (χ1n) is 9.09. The van der Waals surface area contributed by atoms with E-state index < -0.39 is 0 Å². The molecule has 0 radical (unpaired) electrons. The predicted octanol–water partition coefficient (Wildman–Crippen LogP) is 4.28. The number of aromatic nitrogens is 3. The Hall–Kier alpha value is -2.44. The van der Waals surface area contributed by atoms with Crippen molar-refractivity contribution < 1.29 is 9.26 Å². The van der Waals surface area contributed by atoms with E-state index in [2.05, 4.69) is 20.4 Å². The van der Waals surface area contributed by atoms with Crippen LogP contribution in [-0.2, 0) is 6.42 Å². The molecule has 142 valence electrons. The van der Waals surface area contributed by atoms with E-state index in [0.717, 1.165) is 43.2 Å². The van der Waals surface area contributed by atoms with Crippen LogP contribution in [-0.4, -0.2) is 28.2 Å². The SMILES string of the molecule is Cl.c1ccc(Oc2ccc(-c3noc(CCC4CCNCC4)n3)cn2)cc1. The molecule has 7 heteroatoms. The van der Waals surface area contributed by atoms with Crippen LogP contribution in [0.4, 0.5) is 0 Å². The number of halogens is 1. The van der Waals surface area contributed by atoms with Crippen LogP contribution in [0, 0.1) is 5.92 Å². The minimum Gasteiger partial charge on any atom is -0.439 e. The van der Waals surface area contributed by atoms with Crippen LogP contribution in [0.5, 0.6) is 11.6 Å². The van der Waals surface area contributed by atoms with Crippen molar-refractivity contribution >= 4 is 12.4 Å². The Morgan fingerprint density at radius 2 is 1.89 bits per heavy atom. The molecule has 3 heterocycles. The van der Waals surface area contributed by atoms with E-state index in [9.17, 15) is 0 Å². The van der Waals surface area contributed by atoms with Gasteiger partial charge in [0.2, 0.25) is 17.6 Å². The number of benzene rings is 1. The van der Waals surface area contributed by atoms with Crippen molar-refractivity contribution in [3.63, 3.8) is 0 Å². The Labute approximate surface area is 164 Å². The number of pyridine rings is 1. The van der Waals surface area contributed by atoms with Gasteiger partial charge in [0.25, 0.3) is 0 Å². The van der Waals surface area contributed by atoms with Crippen LogP contribution in [0.15, 0.2) is 53.2 Å². The normalized spacial score (nSPS) is 14.5. The highest BCUT2D eigenvalue weighted by atomic mass is 35.5. The highest BCUT2D eigenvalue weighted by Gasteiger charge is 2.15. The molecule has 0 aliphatic carbocycles. The summed E-state index contributed by atoms with van der Waals surface area (Å²) in [4.78, 5) is 8.83. The summed E-state index contributed by atoms with van der Waals surface area (Å²) in [7, 11) is 0. The van der Waals surface area contributed by atoms with Gasteiger partial charge in [0.05, 0.1) is 0 Å². The lowest BCUT2D eigenvalue weighted by molar-refractivity contribution is 0.324. The van der Waals surface area contributed by atoms with Gasteiger partial charge in [0.1, 0.15) is 5.75 Å². The lowest BCUT2D eigenvalue weighted by Gasteiger charge is -2.21. The number of piperidine rings is 1. The van der Waals surface area contributed by atoms with E-state index >= 15 is 0 Å². The summed E-state index contributed by atoms with van der Waals surface area (Å²) in [6.45, 7) is 2.23. The van der Waals surface area contributed by atoms with Crippen LogP contribution in [0.2, 0.25) is 0 Å². The van der Waals surface area contributed by atoms with Gasteiger partial charge >= 0.3 is 0 Å². The van der Waals surface area contributed by atoms with Crippen molar-refractivity contribution in [3.05, 3.63) is 54.6 Å². The number of hydrogen-bond donors (Lipinski definition) is 1. The second-order valence-electron chi connectivity index (χ2n) is 6.54. The quantitative estimate of drug-likeness (QED) is 0.681. The molecule has 0 spiro atoms. The Kier molecular flexibility index (Phi) is 6.79. The van der Waals surface area contributed by atoms with E-state index in [0.29, 0.717) is 17.6 Å². The van der Waals surface area contributed by atoms with Crippen molar-refractivity contribution in [2.75, 3.05) is 13.1 Å². The number of hydrogen-bond acceptors (Lipinski definition) is 6. The van der Waals surface area contributed by atoms with Gasteiger partial charge in [-0.3, -0.25) is 0 Å². The second kappa shape index (κ2) is 9.48. The maximum Gasteiger partial charge on any atom is 0.226 e. The molecular weight excluding hydrogens is 364 g/mol. The molecule has 0 saturated carbocycles. The smallest absolute Gasteiger partial charge is 0.226 e. The summed E-state index contributed by atoms with van der Waals surface area (Å²) in [5, 5.41) is 7.47. The van der Waals surface area contributed by atoms with Gasteiger partial charge in [0.15, 0.2) is 0 Å². The van der Waals surface area contributed by atoms with Crippen molar-refractivity contribution in [2.24, 2.45) is 5.92 Å². The summed E-state index contributed by atoms with van der Waals surface area (Å²) in [5.74, 6) is 3.32. The number of ether oxygens (including phenoxy) is 1. The van der Waals surface area contributed by atoms with E-state index in [1.165, 1.54) is 12.8 Å². The fourth-order valence-electron chi connectivity index (χ4n) is 3.15. The average molecular weight is 387 g/mol. The summed E-state index contributed by atoms with van der Waals surface area (Å²) in [6, 6.07) is 13.3. The largest absolute Gasteiger partial charge is 0.439 e. The minimum atomic E-state index is 0. The Balaban J connectivity index is 0.00000210. The van der Waals surface area contributed by atoms with Gasteiger partial charge in [-0.1, -0.05) is 23.4 Å². The molecule has 0 amide bonds. The monoisotopic (exact) mass is 386 g/mol. The van der Waals surface area contributed by atoms with Crippen molar-refractivity contribution in [3.8, 4) is 23.0 Å². The Bertz CT molecular complexity index is 818. The molecule has 1 aromatic carbocycles. The molecular formula is C20H23ClN4O2. The summed E-state index contributed by atoms with van der Waals surface area (Å²) >= 11 is 0. The zero-order valence-electron chi connectivity index (χ0n) is 15.0. The molecule has 0 bridgehead atoms. The number of nitrogens with zero attached hydrogens (tertiary/aromatic N) is 3. The topological polar surface area (TPSA) is 73.1 Å². The van der Waals surface area contributed by atoms with Crippen LogP contribution in [0.1, 0.15) is 25.2 Å². The maximum atomic E-state index is 5.70. The zero-order valence-corrected chi connectivity index (χ0v) is 15.8. The molecule has 1 saturated heterocycles. The molecule has 0 atom stereocenters. The van der Waals surface area contributed by atoms with Gasteiger partial charge in [-0.2, -0.15) is 4.98 Å². The first-order valence-corrected chi connectivity index (χ1v) is 9.09. The molecule has 1 aliphatic heterocycles. The van der Waals surface area contributed by atoms with Crippen molar-refractivity contribution in [2.45, 2.75) is 25.7 Å². The highest BCUT2D eigenvalue weighted by Crippen LogP contribution is 2.23. The molecule has 0 unspecified atom stereocenters. The van der Waals surface area contributed by atoms with E-state index in [1.54, 1.807) is 6.20 Å². The third kappa shape index (κ3) is 5.28. The summed E-state index contributed by atoms with van der Waals surface area (Å²) < 4.78 is 11.1. The fraction of sp³-hybridized carbons (Fsp3) is 0.350. The lowest BCUT2D eigenvalue weighted by atomic mass is 9.93. The highest BCUT2D eigenvalue weighted by molar-refractivity contribution is 5.85. The molecule has 2 aromatic heterocycles. The Morgan fingerprint density at radius 3 is 2.63 bits per heavy atom. The van der Waals surface area contributed by atoms with Gasteiger partial charge in [-0.05, 0) is 56.5 Å². The van der Waals surface area contributed by atoms with E-state index in [1.807, 2.05) is 42.5 Å². The third-order valence-electron chi connectivity index (χ3n) is 4.65. The van der Waals surface area contributed by atoms with Crippen LogP contribution >= 0.6 is 12.4 Å².